The number of fused-ring (bicyclic) bond motifs is 1. The lowest BCUT2D eigenvalue weighted by atomic mass is 10.3. The van der Waals surface area contributed by atoms with Crippen LogP contribution in [0.5, 0.6) is 5.75 Å². The summed E-state index contributed by atoms with van der Waals surface area (Å²) in [5.41, 5.74) is 1.61. The Hall–Kier alpha value is -2.71. The molecule has 1 N–H and O–H groups in total. The molecule has 0 spiro atoms. The molecule has 2 aromatic heterocycles. The van der Waals surface area contributed by atoms with Gasteiger partial charge in [0.25, 0.3) is 0 Å². The smallest absolute Gasteiger partial charge is 0.197 e. The number of aromatic hydroxyl groups is 1. The molecule has 3 rings (SSSR count). The molecule has 95 valence electrons. The van der Waals surface area contributed by atoms with Gasteiger partial charge in [0.2, 0.25) is 0 Å². The molecule has 20 heavy (non-hydrogen) atoms. The van der Waals surface area contributed by atoms with E-state index in [1.54, 1.807) is 36.7 Å². The van der Waals surface area contributed by atoms with Crippen LogP contribution < -0.4 is 0 Å². The molecule has 0 saturated heterocycles. The number of nitrogens with zero attached hydrogens (tertiary/aromatic N) is 3. The number of benzene rings is 1. The summed E-state index contributed by atoms with van der Waals surface area (Å²) in [6, 6.07) is 5.12. The highest BCUT2D eigenvalue weighted by atomic mass is 32.1. The molecule has 0 atom stereocenters. The van der Waals surface area contributed by atoms with Gasteiger partial charge in [0, 0.05) is 12.4 Å². The quantitative estimate of drug-likeness (QED) is 0.695. The van der Waals surface area contributed by atoms with Crippen molar-refractivity contribution in [3.8, 4) is 17.6 Å². The Labute approximate surface area is 119 Å². The molecule has 0 fully saturated rings. The Morgan fingerprint density at radius 3 is 2.95 bits per heavy atom. The fraction of sp³-hybridized carbons (Fsp3) is 0. The van der Waals surface area contributed by atoms with E-state index in [-0.39, 0.29) is 5.75 Å². The van der Waals surface area contributed by atoms with E-state index in [1.165, 1.54) is 11.3 Å². The van der Waals surface area contributed by atoms with Gasteiger partial charge in [0.1, 0.15) is 10.8 Å². The zero-order valence-electron chi connectivity index (χ0n) is 10.2. The number of phenols is 1. The van der Waals surface area contributed by atoms with Gasteiger partial charge in [0.05, 0.1) is 15.8 Å². The summed E-state index contributed by atoms with van der Waals surface area (Å²) in [6.45, 7) is 0. The van der Waals surface area contributed by atoms with Crippen molar-refractivity contribution in [3.05, 3.63) is 53.6 Å². The van der Waals surface area contributed by atoms with Crippen molar-refractivity contribution in [1.82, 2.24) is 15.0 Å². The highest BCUT2D eigenvalue weighted by Crippen LogP contribution is 2.26. The van der Waals surface area contributed by atoms with Crippen molar-refractivity contribution in [1.29, 1.82) is 0 Å². The molecule has 0 bridgehead atoms. The molecule has 0 aliphatic carbocycles. The summed E-state index contributed by atoms with van der Waals surface area (Å²) in [5.74, 6) is 6.06. The van der Waals surface area contributed by atoms with Crippen molar-refractivity contribution in [2.45, 2.75) is 0 Å². The van der Waals surface area contributed by atoms with E-state index < -0.39 is 0 Å². The average Bonchev–Trinajstić information content (AvgIpc) is 2.86. The number of phenolic OH excluding ortho intramolecular Hbond substituents is 1. The number of thiazole rings is 1. The average molecular weight is 278 g/mol. The number of hydrogen-bond acceptors (Lipinski definition) is 5. The van der Waals surface area contributed by atoms with Crippen molar-refractivity contribution in [2.75, 3.05) is 0 Å². The minimum absolute atomic E-state index is 0.248. The lowest BCUT2D eigenvalue weighted by molar-refractivity contribution is 0.476. The normalized spacial score (nSPS) is 10.6. The van der Waals surface area contributed by atoms with Crippen molar-refractivity contribution >= 4 is 27.6 Å². The Morgan fingerprint density at radius 1 is 1.25 bits per heavy atom. The Balaban J connectivity index is 1.79. The van der Waals surface area contributed by atoms with E-state index in [9.17, 15) is 5.11 Å². The molecule has 3 aromatic rings. The molecular formula is C15H8N3OS. The standard InChI is InChI=1S/C15H8N3OS/c19-12-5-6-13-14(7-12)20-15(18-13)4-2-1-3-11-8-16-10-17-9-11/h2,4-9,19H/b4-2+. The number of hydrogen-bond donors (Lipinski definition) is 1. The van der Waals surface area contributed by atoms with Gasteiger partial charge in [-0.3, -0.25) is 0 Å². The van der Waals surface area contributed by atoms with Gasteiger partial charge in [0.15, 0.2) is 6.33 Å². The molecule has 5 heteroatoms. The third-order valence-electron chi connectivity index (χ3n) is 2.44. The molecular weight excluding hydrogens is 270 g/mol. The fourth-order valence-corrected chi connectivity index (χ4v) is 2.47. The second-order valence-corrected chi connectivity index (χ2v) is 4.94. The molecule has 1 aromatic carbocycles. The van der Waals surface area contributed by atoms with Gasteiger partial charge in [-0.25, -0.2) is 15.0 Å². The minimum Gasteiger partial charge on any atom is -0.508 e. The van der Waals surface area contributed by atoms with Gasteiger partial charge in [-0.05, 0) is 30.4 Å². The third kappa shape index (κ3) is 2.82. The SMILES string of the molecule is Oc1ccc2nc(/C=C/C#Cc3cn[c]nc3)sc2c1. The van der Waals surface area contributed by atoms with Crippen LogP contribution in [0.1, 0.15) is 10.6 Å². The van der Waals surface area contributed by atoms with Gasteiger partial charge in [-0.2, -0.15) is 0 Å². The van der Waals surface area contributed by atoms with E-state index in [0.717, 1.165) is 20.8 Å². The minimum atomic E-state index is 0.248. The first kappa shape index (κ1) is 12.3. The van der Waals surface area contributed by atoms with Gasteiger partial charge >= 0.3 is 0 Å². The van der Waals surface area contributed by atoms with Crippen molar-refractivity contribution in [2.24, 2.45) is 0 Å². The maximum absolute atomic E-state index is 9.40. The molecule has 0 aliphatic heterocycles. The van der Waals surface area contributed by atoms with E-state index >= 15 is 0 Å². The first-order chi connectivity index (χ1) is 9.81. The van der Waals surface area contributed by atoms with Crippen molar-refractivity contribution < 1.29 is 5.11 Å². The third-order valence-corrected chi connectivity index (χ3v) is 3.42. The first-order valence-electron chi connectivity index (χ1n) is 5.77. The predicted octanol–water partition coefficient (Wildman–Crippen LogP) is 2.66. The number of allylic oxidation sites excluding steroid dienone is 1. The monoisotopic (exact) mass is 278 g/mol. The second-order valence-electron chi connectivity index (χ2n) is 3.88. The van der Waals surface area contributed by atoms with E-state index in [4.69, 9.17) is 0 Å². The summed E-state index contributed by atoms with van der Waals surface area (Å²) in [6.07, 6.45) is 9.23. The van der Waals surface area contributed by atoms with Crippen LogP contribution >= 0.6 is 11.3 Å². The predicted molar refractivity (Wildman–Crippen MR) is 78.1 cm³/mol. The number of rotatable bonds is 1. The molecule has 0 unspecified atom stereocenters. The first-order valence-corrected chi connectivity index (χ1v) is 6.59. The lowest BCUT2D eigenvalue weighted by Gasteiger charge is -1.87. The summed E-state index contributed by atoms with van der Waals surface area (Å²) in [5, 5.41) is 10.2. The van der Waals surface area contributed by atoms with Crippen LogP contribution in [0.15, 0.2) is 36.7 Å². The van der Waals surface area contributed by atoms with Crippen LogP contribution in [-0.2, 0) is 0 Å². The summed E-state index contributed by atoms with van der Waals surface area (Å²) in [7, 11) is 0. The summed E-state index contributed by atoms with van der Waals surface area (Å²) < 4.78 is 0.949. The van der Waals surface area contributed by atoms with E-state index in [1.807, 2.05) is 6.08 Å². The maximum atomic E-state index is 9.40. The Morgan fingerprint density at radius 2 is 2.10 bits per heavy atom. The molecule has 4 nitrogen and oxygen atoms in total. The lowest BCUT2D eigenvalue weighted by Crippen LogP contribution is -1.79. The van der Waals surface area contributed by atoms with Crippen LogP contribution in [0.2, 0.25) is 0 Å². The van der Waals surface area contributed by atoms with Crippen LogP contribution in [0, 0.1) is 18.2 Å². The fourth-order valence-electron chi connectivity index (χ4n) is 1.57. The van der Waals surface area contributed by atoms with Crippen LogP contribution in [0.4, 0.5) is 0 Å². The molecule has 2 heterocycles. The molecule has 0 saturated carbocycles. The van der Waals surface area contributed by atoms with Gasteiger partial charge in [-0.15, -0.1) is 11.3 Å². The van der Waals surface area contributed by atoms with Gasteiger partial charge in [-0.1, -0.05) is 11.8 Å². The molecule has 0 amide bonds. The zero-order valence-corrected chi connectivity index (χ0v) is 11.1. The largest absolute Gasteiger partial charge is 0.508 e. The van der Waals surface area contributed by atoms with Crippen molar-refractivity contribution in [3.63, 3.8) is 0 Å². The Bertz CT molecular complexity index is 828. The van der Waals surface area contributed by atoms with Crippen LogP contribution in [-0.4, -0.2) is 20.1 Å². The topological polar surface area (TPSA) is 58.9 Å². The molecule has 1 radical (unpaired) electrons. The van der Waals surface area contributed by atoms with E-state index in [2.05, 4.69) is 33.1 Å². The van der Waals surface area contributed by atoms with Gasteiger partial charge < -0.3 is 5.11 Å². The summed E-state index contributed by atoms with van der Waals surface area (Å²) in [4.78, 5) is 11.9. The van der Waals surface area contributed by atoms with Crippen LogP contribution in [0.25, 0.3) is 16.3 Å². The Kier molecular flexibility index (Phi) is 3.40. The van der Waals surface area contributed by atoms with Crippen LogP contribution in [0.3, 0.4) is 0 Å². The zero-order chi connectivity index (χ0) is 13.8. The second kappa shape index (κ2) is 5.51. The highest BCUT2D eigenvalue weighted by molar-refractivity contribution is 7.19. The maximum Gasteiger partial charge on any atom is 0.197 e. The van der Waals surface area contributed by atoms with E-state index in [0.29, 0.717) is 0 Å². The number of aromatic nitrogens is 3. The highest BCUT2D eigenvalue weighted by Gasteiger charge is 2.01. The molecule has 0 aliphatic rings. The summed E-state index contributed by atoms with van der Waals surface area (Å²) >= 11 is 1.50.